The molecule has 1 saturated carbocycles. The molecule has 1 aromatic heterocycles. The van der Waals surface area contributed by atoms with Gasteiger partial charge in [-0.3, -0.25) is 19.5 Å². The molecular formula is C37H43ClN6O5S. The van der Waals surface area contributed by atoms with Gasteiger partial charge in [-0.1, -0.05) is 29.8 Å². The lowest BCUT2D eigenvalue weighted by atomic mass is 9.68. The maximum atomic E-state index is 14.2. The van der Waals surface area contributed by atoms with Crippen LogP contribution >= 0.6 is 11.6 Å². The Balaban J connectivity index is 1.24. The summed E-state index contributed by atoms with van der Waals surface area (Å²) in [6.07, 6.45) is 14.9. The molecule has 11 nitrogen and oxygen atoms in total. The number of methoxy groups -OCH3 is 1. The second-order valence-electron chi connectivity index (χ2n) is 13.8. The minimum atomic E-state index is -3.49. The molecule has 50 heavy (non-hydrogen) atoms. The summed E-state index contributed by atoms with van der Waals surface area (Å²) in [6.45, 7) is 2.07. The number of anilines is 1. The van der Waals surface area contributed by atoms with E-state index in [0.29, 0.717) is 49.3 Å². The Morgan fingerprint density at radius 2 is 2.08 bits per heavy atom. The molecule has 4 aliphatic rings. The van der Waals surface area contributed by atoms with Crippen LogP contribution in [0.5, 0.6) is 5.75 Å². The largest absolute Gasteiger partial charge is 0.490 e. The van der Waals surface area contributed by atoms with Gasteiger partial charge in [-0.15, -0.1) is 4.36 Å². The van der Waals surface area contributed by atoms with Crippen LogP contribution in [0.25, 0.3) is 0 Å². The van der Waals surface area contributed by atoms with Gasteiger partial charge in [0.05, 0.1) is 42.6 Å². The van der Waals surface area contributed by atoms with Gasteiger partial charge in [0.15, 0.2) is 0 Å². The number of aromatic nitrogens is 2. The third-order valence-electron chi connectivity index (χ3n) is 10.6. The van der Waals surface area contributed by atoms with E-state index in [1.807, 2.05) is 24.3 Å². The van der Waals surface area contributed by atoms with Crippen LogP contribution in [0.3, 0.4) is 0 Å². The number of urea groups is 1. The molecule has 3 heterocycles. The van der Waals surface area contributed by atoms with Gasteiger partial charge < -0.3 is 19.7 Å². The summed E-state index contributed by atoms with van der Waals surface area (Å²) in [5, 5.41) is 3.39. The van der Waals surface area contributed by atoms with E-state index in [2.05, 4.69) is 47.5 Å². The van der Waals surface area contributed by atoms with Crippen molar-refractivity contribution in [3.63, 3.8) is 0 Å². The van der Waals surface area contributed by atoms with Crippen molar-refractivity contribution in [2.75, 3.05) is 37.5 Å². The molecule has 1 spiro atoms. The predicted octanol–water partition coefficient (Wildman–Crippen LogP) is 6.02. The number of carbonyl (C=O) groups excluding carboxylic acids is 2. The number of aryl methyl sites for hydroxylation is 1. The van der Waals surface area contributed by atoms with Crippen molar-refractivity contribution in [2.24, 2.45) is 16.2 Å². The number of carbonyl (C=O) groups is 2. The molecule has 2 N–H and O–H groups in total. The van der Waals surface area contributed by atoms with Gasteiger partial charge in [-0.05, 0) is 98.2 Å². The minimum absolute atomic E-state index is 0.00251. The monoisotopic (exact) mass is 718 g/mol. The van der Waals surface area contributed by atoms with Crippen LogP contribution in [0.1, 0.15) is 65.7 Å². The summed E-state index contributed by atoms with van der Waals surface area (Å²) in [5.41, 5.74) is 3.90. The van der Waals surface area contributed by atoms with Crippen LogP contribution < -0.4 is 19.7 Å². The van der Waals surface area contributed by atoms with Gasteiger partial charge in [-0.2, -0.15) is 0 Å². The van der Waals surface area contributed by atoms with Gasteiger partial charge in [0, 0.05) is 48.6 Å². The summed E-state index contributed by atoms with van der Waals surface area (Å²) in [7, 11) is -1.74. The van der Waals surface area contributed by atoms with Gasteiger partial charge >= 0.3 is 6.03 Å². The zero-order valence-electron chi connectivity index (χ0n) is 28.2. The Labute approximate surface area is 298 Å². The van der Waals surface area contributed by atoms with Gasteiger partial charge in [-0.25, -0.2) is 9.00 Å². The average Bonchev–Trinajstić information content (AvgIpc) is 3.25. The molecular weight excluding hydrogens is 676 g/mol. The van der Waals surface area contributed by atoms with E-state index in [1.54, 1.807) is 13.2 Å². The third kappa shape index (κ3) is 7.38. The number of amides is 3. The van der Waals surface area contributed by atoms with E-state index < -0.39 is 21.9 Å². The number of rotatable bonds is 4. The lowest BCUT2D eigenvalue weighted by Crippen LogP contribution is -2.49. The third-order valence-corrected chi connectivity index (χ3v) is 12.6. The predicted molar refractivity (Wildman–Crippen MR) is 193 cm³/mol. The van der Waals surface area contributed by atoms with Crippen molar-refractivity contribution in [2.45, 2.75) is 63.0 Å². The molecule has 13 heteroatoms. The molecule has 2 aliphatic heterocycles. The first kappa shape index (κ1) is 34.4. The quantitative estimate of drug-likeness (QED) is 0.313. The molecule has 3 aromatic rings. The molecule has 2 bridgehead atoms. The Hall–Kier alpha value is -4.00. The zero-order valence-corrected chi connectivity index (χ0v) is 29.8. The Kier molecular flexibility index (Phi) is 10.1. The van der Waals surface area contributed by atoms with Crippen LogP contribution in [0.2, 0.25) is 5.02 Å². The maximum absolute atomic E-state index is 14.2. The van der Waals surface area contributed by atoms with Gasteiger partial charge in [0.2, 0.25) is 0 Å². The standard InChI is InChI=1S/C37H43ClN6O5S/c1-48-33-7-3-2-4-17-50(47,43-36(46)41-21-29-20-39-15-16-40-29)42-35(45)26-9-13-34-32(19-26)44(22-27-8-11-30(27)33)23-37(24-49-34)14-5-6-25-18-28(38)10-12-31(25)37/h3,7,9-10,12-13,15-16,18-20,27,30,33H,2,4-6,8,11,14,17,21-24H2,1H3,(H2,41,42,43,45,46,47)/b7-3-/t27-,30+,33-,37-,50?/m0/s1. The first-order valence-corrected chi connectivity index (χ1v) is 19.4. The second-order valence-corrected chi connectivity index (χ2v) is 16.3. The molecule has 1 fully saturated rings. The highest BCUT2D eigenvalue weighted by molar-refractivity contribution is 7.92. The second kappa shape index (κ2) is 14.7. The molecule has 3 amide bonds. The molecule has 5 atom stereocenters. The van der Waals surface area contributed by atoms with E-state index in [9.17, 15) is 13.8 Å². The smallest absolute Gasteiger partial charge is 0.327 e. The number of allylic oxidation sites excluding steroid dienone is 1. The number of ether oxygens (including phenoxy) is 2. The SMILES string of the molecule is CO[C@H]1/C=C\CCCS(=O)(NC(=O)NCc2cnccn2)=NC(=O)c2ccc3c(c2)N(C[C@@H]2CC[C@H]21)C[C@@]1(CCCc2cc(Cl)ccc21)CO3. The number of nitrogens with zero attached hydrogens (tertiary/aromatic N) is 4. The number of hydrogen-bond acceptors (Lipinski definition) is 8. The summed E-state index contributed by atoms with van der Waals surface area (Å²) in [5.74, 6) is 0.765. The molecule has 2 aliphatic carbocycles. The van der Waals surface area contributed by atoms with E-state index in [1.165, 1.54) is 29.7 Å². The summed E-state index contributed by atoms with van der Waals surface area (Å²) < 4.78 is 33.5. The highest BCUT2D eigenvalue weighted by atomic mass is 35.5. The molecule has 2 aromatic carbocycles. The molecule has 0 radical (unpaired) electrons. The van der Waals surface area contributed by atoms with Crippen molar-refractivity contribution in [3.8, 4) is 5.75 Å². The highest BCUT2D eigenvalue weighted by Crippen LogP contribution is 2.47. The number of benzene rings is 2. The summed E-state index contributed by atoms with van der Waals surface area (Å²) in [6, 6.07) is 10.8. The molecule has 7 rings (SSSR count). The van der Waals surface area contributed by atoms with E-state index >= 15 is 0 Å². The van der Waals surface area contributed by atoms with Crippen molar-refractivity contribution in [3.05, 3.63) is 94.5 Å². The Morgan fingerprint density at radius 1 is 1.18 bits per heavy atom. The first-order chi connectivity index (χ1) is 24.2. The fourth-order valence-electron chi connectivity index (χ4n) is 7.89. The van der Waals surface area contributed by atoms with Crippen LogP contribution in [-0.2, 0) is 33.0 Å². The summed E-state index contributed by atoms with van der Waals surface area (Å²) >= 11 is 6.44. The zero-order chi connectivity index (χ0) is 34.7. The molecule has 1 unspecified atom stereocenters. The lowest BCUT2D eigenvalue weighted by molar-refractivity contribution is 0.0132. The average molecular weight is 719 g/mol. The fourth-order valence-corrected chi connectivity index (χ4v) is 9.61. The lowest BCUT2D eigenvalue weighted by Gasteiger charge is -2.46. The molecule has 0 saturated heterocycles. The van der Waals surface area contributed by atoms with Gasteiger partial charge in [0.1, 0.15) is 15.7 Å². The van der Waals surface area contributed by atoms with Crippen LogP contribution in [0, 0.1) is 11.8 Å². The van der Waals surface area contributed by atoms with Gasteiger partial charge in [0.25, 0.3) is 5.91 Å². The minimum Gasteiger partial charge on any atom is -0.490 e. The van der Waals surface area contributed by atoms with E-state index in [-0.39, 0.29) is 29.4 Å². The molecule has 264 valence electrons. The topological polar surface area (TPSA) is 135 Å². The Morgan fingerprint density at radius 3 is 2.88 bits per heavy atom. The Bertz CT molecular complexity index is 1900. The maximum Gasteiger partial charge on any atom is 0.327 e. The van der Waals surface area contributed by atoms with E-state index in [4.69, 9.17) is 21.1 Å². The fraction of sp³-hybridized carbons (Fsp3) is 0.459. The number of hydrogen-bond donors (Lipinski definition) is 2. The van der Waals surface area contributed by atoms with Crippen molar-refractivity contribution in [1.82, 2.24) is 20.0 Å². The number of halogens is 1. The van der Waals surface area contributed by atoms with Crippen LogP contribution in [-0.4, -0.2) is 64.8 Å². The number of nitrogens with one attached hydrogen (secondary N) is 2. The van der Waals surface area contributed by atoms with Crippen LogP contribution in [0.4, 0.5) is 10.5 Å². The highest BCUT2D eigenvalue weighted by Gasteiger charge is 2.44. The first-order valence-electron chi connectivity index (χ1n) is 17.3. The number of fused-ring (bicyclic) bond motifs is 4. The van der Waals surface area contributed by atoms with Crippen molar-refractivity contribution < 1.29 is 23.3 Å². The van der Waals surface area contributed by atoms with Crippen molar-refractivity contribution >= 4 is 39.1 Å². The van der Waals surface area contributed by atoms with Crippen molar-refractivity contribution in [1.29, 1.82) is 0 Å². The van der Waals surface area contributed by atoms with Crippen LogP contribution in [0.15, 0.2) is 71.5 Å². The summed E-state index contributed by atoms with van der Waals surface area (Å²) in [4.78, 5) is 37.3. The van der Waals surface area contributed by atoms with E-state index in [0.717, 1.165) is 49.4 Å². The normalized spacial score (nSPS) is 28.5.